The van der Waals surface area contributed by atoms with Gasteiger partial charge in [-0.3, -0.25) is 10.1 Å². The predicted octanol–water partition coefficient (Wildman–Crippen LogP) is 2.83. The van der Waals surface area contributed by atoms with E-state index in [1.807, 2.05) is 11.8 Å². The molecule has 1 aliphatic rings. The Kier molecular flexibility index (Phi) is 4.33. The van der Waals surface area contributed by atoms with Crippen molar-refractivity contribution >= 4 is 31.9 Å². The number of anilines is 1. The Labute approximate surface area is 122 Å². The number of hydrogen-bond acceptors (Lipinski definition) is 6. The second-order valence-corrected chi connectivity index (χ2v) is 8.28. The standard InChI is InChI=1S/C12H18N2O4S2/c1-3-13(9-6-4-5-7-9)12-10(14(15)16)8-11(19-12)20(2,17)18/h8-9H,3-7H2,1-2H3. The largest absolute Gasteiger partial charge is 0.355 e. The third-order valence-electron chi connectivity index (χ3n) is 3.60. The second-order valence-electron chi connectivity index (χ2n) is 5.01. The van der Waals surface area contributed by atoms with E-state index in [9.17, 15) is 18.5 Å². The SMILES string of the molecule is CCN(c1sc(S(C)(=O)=O)cc1[N+](=O)[O-])C1CCCC1. The molecule has 0 bridgehead atoms. The first-order valence-electron chi connectivity index (χ1n) is 6.59. The fourth-order valence-corrected chi connectivity index (χ4v) is 4.82. The molecular formula is C12H18N2O4S2. The summed E-state index contributed by atoms with van der Waals surface area (Å²) in [6.07, 6.45) is 5.35. The maximum Gasteiger partial charge on any atom is 0.305 e. The average Bonchev–Trinajstić information content (AvgIpc) is 2.97. The third-order valence-corrected chi connectivity index (χ3v) is 6.56. The van der Waals surface area contributed by atoms with Crippen molar-refractivity contribution < 1.29 is 13.3 Å². The van der Waals surface area contributed by atoms with Gasteiger partial charge in [-0.05, 0) is 19.8 Å². The predicted molar refractivity (Wildman–Crippen MR) is 79.4 cm³/mol. The summed E-state index contributed by atoms with van der Waals surface area (Å²) < 4.78 is 23.3. The Morgan fingerprint density at radius 3 is 2.50 bits per heavy atom. The van der Waals surface area contributed by atoms with Crippen LogP contribution in [-0.4, -0.2) is 32.2 Å². The molecule has 0 unspecified atom stereocenters. The minimum Gasteiger partial charge on any atom is -0.355 e. The van der Waals surface area contributed by atoms with Crippen molar-refractivity contribution in [3.63, 3.8) is 0 Å². The highest BCUT2D eigenvalue weighted by molar-refractivity contribution is 7.92. The Balaban J connectivity index is 2.47. The number of nitrogens with zero attached hydrogens (tertiary/aromatic N) is 2. The average molecular weight is 318 g/mol. The fourth-order valence-electron chi connectivity index (χ4n) is 2.65. The molecule has 0 N–H and O–H groups in total. The van der Waals surface area contributed by atoms with E-state index in [4.69, 9.17) is 0 Å². The first-order chi connectivity index (χ1) is 9.34. The zero-order valence-electron chi connectivity index (χ0n) is 11.5. The molecule has 0 radical (unpaired) electrons. The van der Waals surface area contributed by atoms with E-state index in [2.05, 4.69) is 0 Å². The third kappa shape index (κ3) is 2.95. The Hall–Kier alpha value is -1.15. The molecule has 1 saturated carbocycles. The summed E-state index contributed by atoms with van der Waals surface area (Å²) >= 11 is 1.01. The van der Waals surface area contributed by atoms with Gasteiger partial charge in [-0.15, -0.1) is 0 Å². The molecule has 0 saturated heterocycles. The van der Waals surface area contributed by atoms with Crippen LogP contribution in [0.4, 0.5) is 10.7 Å². The Morgan fingerprint density at radius 1 is 1.45 bits per heavy atom. The van der Waals surface area contributed by atoms with E-state index in [0.29, 0.717) is 11.5 Å². The van der Waals surface area contributed by atoms with Crippen LogP contribution in [0.1, 0.15) is 32.6 Å². The summed E-state index contributed by atoms with van der Waals surface area (Å²) in [5.41, 5.74) is -0.0934. The number of sulfone groups is 1. The van der Waals surface area contributed by atoms with E-state index >= 15 is 0 Å². The van der Waals surface area contributed by atoms with Crippen molar-refractivity contribution in [2.45, 2.75) is 42.9 Å². The topological polar surface area (TPSA) is 80.5 Å². The van der Waals surface area contributed by atoms with E-state index < -0.39 is 14.8 Å². The quantitative estimate of drug-likeness (QED) is 0.616. The van der Waals surface area contributed by atoms with Crippen LogP contribution >= 0.6 is 11.3 Å². The van der Waals surface area contributed by atoms with Gasteiger partial charge >= 0.3 is 5.69 Å². The van der Waals surface area contributed by atoms with Gasteiger partial charge in [0.15, 0.2) is 14.8 Å². The smallest absolute Gasteiger partial charge is 0.305 e. The van der Waals surface area contributed by atoms with Gasteiger partial charge in [0.2, 0.25) is 0 Å². The van der Waals surface area contributed by atoms with Gasteiger partial charge in [-0.1, -0.05) is 24.2 Å². The maximum absolute atomic E-state index is 11.6. The van der Waals surface area contributed by atoms with Crippen LogP contribution in [0.5, 0.6) is 0 Å². The van der Waals surface area contributed by atoms with Gasteiger partial charge in [-0.2, -0.15) is 0 Å². The molecule has 112 valence electrons. The van der Waals surface area contributed by atoms with Crippen LogP contribution in [0.25, 0.3) is 0 Å². The minimum atomic E-state index is -3.42. The van der Waals surface area contributed by atoms with E-state index in [-0.39, 0.29) is 15.9 Å². The summed E-state index contributed by atoms with van der Waals surface area (Å²) in [5.74, 6) is 0. The van der Waals surface area contributed by atoms with E-state index in [1.54, 1.807) is 0 Å². The summed E-state index contributed by atoms with van der Waals surface area (Å²) in [5, 5.41) is 11.7. The summed E-state index contributed by atoms with van der Waals surface area (Å²) in [6.45, 7) is 2.59. The van der Waals surface area contributed by atoms with Crippen LogP contribution < -0.4 is 4.90 Å². The first-order valence-corrected chi connectivity index (χ1v) is 9.30. The van der Waals surface area contributed by atoms with Crippen molar-refractivity contribution in [3.05, 3.63) is 16.2 Å². The summed E-state index contributed by atoms with van der Waals surface area (Å²) in [7, 11) is -3.42. The van der Waals surface area contributed by atoms with Gasteiger partial charge in [0.05, 0.1) is 4.92 Å². The molecule has 1 fully saturated rings. The van der Waals surface area contributed by atoms with Crippen LogP contribution in [0, 0.1) is 10.1 Å². The normalized spacial score (nSPS) is 16.5. The minimum absolute atomic E-state index is 0.0654. The van der Waals surface area contributed by atoms with E-state index in [1.165, 1.54) is 6.07 Å². The van der Waals surface area contributed by atoms with Crippen molar-refractivity contribution in [1.29, 1.82) is 0 Å². The van der Waals surface area contributed by atoms with Gasteiger partial charge in [0.25, 0.3) is 0 Å². The fraction of sp³-hybridized carbons (Fsp3) is 0.667. The molecule has 1 aromatic heterocycles. The molecule has 0 aliphatic heterocycles. The molecule has 20 heavy (non-hydrogen) atoms. The molecular weight excluding hydrogens is 300 g/mol. The molecule has 2 rings (SSSR count). The van der Waals surface area contributed by atoms with Crippen molar-refractivity contribution in [2.75, 3.05) is 17.7 Å². The molecule has 0 aromatic carbocycles. The van der Waals surface area contributed by atoms with Gasteiger partial charge < -0.3 is 4.90 Å². The maximum atomic E-state index is 11.6. The lowest BCUT2D eigenvalue weighted by Gasteiger charge is -2.27. The van der Waals surface area contributed by atoms with Gasteiger partial charge in [0.1, 0.15) is 4.21 Å². The van der Waals surface area contributed by atoms with Crippen molar-refractivity contribution in [3.8, 4) is 0 Å². The summed E-state index contributed by atoms with van der Waals surface area (Å²) in [6, 6.07) is 1.47. The van der Waals surface area contributed by atoms with Crippen LogP contribution in [-0.2, 0) is 9.84 Å². The summed E-state index contributed by atoms with van der Waals surface area (Å²) in [4.78, 5) is 12.7. The molecule has 0 spiro atoms. The molecule has 0 atom stereocenters. The van der Waals surface area contributed by atoms with E-state index in [0.717, 1.165) is 43.3 Å². The van der Waals surface area contributed by atoms with Crippen LogP contribution in [0.15, 0.2) is 10.3 Å². The lowest BCUT2D eigenvalue weighted by molar-refractivity contribution is -0.383. The Morgan fingerprint density at radius 2 is 2.05 bits per heavy atom. The lowest BCUT2D eigenvalue weighted by Crippen LogP contribution is -2.32. The van der Waals surface area contributed by atoms with Crippen molar-refractivity contribution in [2.24, 2.45) is 0 Å². The molecule has 6 nitrogen and oxygen atoms in total. The van der Waals surface area contributed by atoms with Gasteiger partial charge in [0, 0.05) is 24.9 Å². The number of nitro groups is 1. The first kappa shape index (κ1) is 15.2. The number of rotatable bonds is 5. The van der Waals surface area contributed by atoms with Crippen LogP contribution in [0.2, 0.25) is 0 Å². The zero-order valence-corrected chi connectivity index (χ0v) is 13.2. The highest BCUT2D eigenvalue weighted by Gasteiger charge is 2.31. The van der Waals surface area contributed by atoms with Gasteiger partial charge in [-0.25, -0.2) is 8.42 Å². The zero-order chi connectivity index (χ0) is 14.9. The number of thiophene rings is 1. The second kappa shape index (κ2) is 5.69. The molecule has 8 heteroatoms. The highest BCUT2D eigenvalue weighted by atomic mass is 32.2. The lowest BCUT2D eigenvalue weighted by atomic mass is 10.2. The monoisotopic (exact) mass is 318 g/mol. The Bertz CT molecular complexity index is 603. The highest BCUT2D eigenvalue weighted by Crippen LogP contribution is 2.42. The molecule has 1 heterocycles. The molecule has 0 amide bonds. The molecule has 1 aromatic rings. The number of hydrogen-bond donors (Lipinski definition) is 0. The molecule has 1 aliphatic carbocycles. The van der Waals surface area contributed by atoms with Crippen LogP contribution in [0.3, 0.4) is 0 Å². The van der Waals surface area contributed by atoms with Crippen molar-refractivity contribution in [1.82, 2.24) is 0 Å².